The van der Waals surface area contributed by atoms with Gasteiger partial charge in [0, 0.05) is 26.1 Å². The highest BCUT2D eigenvalue weighted by Crippen LogP contribution is 2.07. The summed E-state index contributed by atoms with van der Waals surface area (Å²) in [5.41, 5.74) is 0. The van der Waals surface area contributed by atoms with E-state index < -0.39 is 0 Å². The minimum atomic E-state index is -0.173. The molecule has 4 nitrogen and oxygen atoms in total. The lowest BCUT2D eigenvalue weighted by atomic mass is 10.2. The first-order valence-electron chi connectivity index (χ1n) is 5.82. The number of nitrogens with one attached hydrogen (secondary N) is 1. The van der Waals surface area contributed by atoms with Crippen molar-refractivity contribution < 1.29 is 9.53 Å². The fraction of sp³-hybridized carbons (Fsp3) is 0.750. The third kappa shape index (κ3) is 3.84. The molecule has 90 valence electrons. The molecular weight excluding hydrogens is 204 g/mol. The summed E-state index contributed by atoms with van der Waals surface area (Å²) in [7, 11) is 0. The second kappa shape index (κ2) is 7.26. The molecule has 1 amide bonds. The van der Waals surface area contributed by atoms with Crippen LogP contribution in [0.2, 0.25) is 0 Å². The van der Waals surface area contributed by atoms with Crippen molar-refractivity contribution in [1.29, 1.82) is 0 Å². The summed E-state index contributed by atoms with van der Waals surface area (Å²) >= 11 is 0. The molecule has 0 spiro atoms. The molecule has 0 aromatic rings. The molecule has 0 bridgehead atoms. The number of carbonyl (C=O) groups is 1. The van der Waals surface area contributed by atoms with Crippen LogP contribution < -0.4 is 5.32 Å². The van der Waals surface area contributed by atoms with Crippen LogP contribution >= 0.6 is 0 Å². The summed E-state index contributed by atoms with van der Waals surface area (Å²) in [6.07, 6.45) is 6.87. The average Bonchev–Trinajstić information content (AvgIpc) is 2.33. The van der Waals surface area contributed by atoms with Crippen molar-refractivity contribution in [1.82, 2.24) is 10.2 Å². The highest BCUT2D eigenvalue weighted by Gasteiger charge is 2.28. The van der Waals surface area contributed by atoms with E-state index in [9.17, 15) is 4.79 Å². The van der Waals surface area contributed by atoms with Crippen LogP contribution in [0, 0.1) is 12.3 Å². The topological polar surface area (TPSA) is 41.6 Å². The van der Waals surface area contributed by atoms with Crippen LogP contribution in [0.3, 0.4) is 0 Å². The molecule has 0 aromatic heterocycles. The van der Waals surface area contributed by atoms with E-state index in [0.717, 1.165) is 26.1 Å². The predicted molar refractivity (Wildman–Crippen MR) is 62.9 cm³/mol. The van der Waals surface area contributed by atoms with Gasteiger partial charge in [-0.05, 0) is 6.42 Å². The van der Waals surface area contributed by atoms with Crippen molar-refractivity contribution in [3.63, 3.8) is 0 Å². The minimum absolute atomic E-state index is 0.0542. The van der Waals surface area contributed by atoms with E-state index in [-0.39, 0.29) is 11.9 Å². The highest BCUT2D eigenvalue weighted by atomic mass is 16.5. The van der Waals surface area contributed by atoms with Crippen molar-refractivity contribution in [2.45, 2.75) is 25.8 Å². The molecular formula is C12H20N2O2. The van der Waals surface area contributed by atoms with Crippen molar-refractivity contribution in [2.24, 2.45) is 0 Å². The van der Waals surface area contributed by atoms with Crippen molar-refractivity contribution in [2.75, 3.05) is 32.8 Å². The van der Waals surface area contributed by atoms with Crippen LogP contribution in [0.5, 0.6) is 0 Å². The number of hydrogen-bond acceptors (Lipinski definition) is 3. The molecule has 1 fully saturated rings. The van der Waals surface area contributed by atoms with E-state index in [1.165, 1.54) is 0 Å². The predicted octanol–water partition coefficient (Wildman–Crippen LogP) is 0.237. The number of hydrogen-bond donors (Lipinski definition) is 1. The highest BCUT2D eigenvalue weighted by molar-refractivity contribution is 5.81. The first kappa shape index (κ1) is 13.0. The van der Waals surface area contributed by atoms with E-state index >= 15 is 0 Å². The molecule has 1 aliphatic heterocycles. The van der Waals surface area contributed by atoms with Gasteiger partial charge in [-0.15, -0.1) is 12.3 Å². The number of nitrogens with zero attached hydrogens (tertiary/aromatic N) is 1. The Bertz CT molecular complexity index is 260. The van der Waals surface area contributed by atoms with E-state index in [1.807, 2.05) is 6.92 Å². The van der Waals surface area contributed by atoms with Gasteiger partial charge in [0.2, 0.25) is 5.91 Å². The van der Waals surface area contributed by atoms with Crippen LogP contribution in [-0.2, 0) is 9.53 Å². The number of carbonyl (C=O) groups excluding carboxylic acids is 1. The fourth-order valence-corrected chi connectivity index (χ4v) is 1.72. The number of ether oxygens (including phenoxy) is 1. The minimum Gasteiger partial charge on any atom is -0.378 e. The Hall–Kier alpha value is -1.05. The SMILES string of the molecule is C#CCCN1CCOCC1C(=O)NCCC. The third-order valence-electron chi connectivity index (χ3n) is 2.63. The molecule has 1 aliphatic rings. The van der Waals surface area contributed by atoms with E-state index in [4.69, 9.17) is 11.2 Å². The van der Waals surface area contributed by atoms with Gasteiger partial charge in [0.05, 0.1) is 13.2 Å². The first-order chi connectivity index (χ1) is 7.79. The maximum atomic E-state index is 11.8. The Morgan fingerprint density at radius 2 is 2.50 bits per heavy atom. The zero-order valence-corrected chi connectivity index (χ0v) is 9.87. The lowest BCUT2D eigenvalue weighted by Crippen LogP contribution is -2.54. The summed E-state index contributed by atoms with van der Waals surface area (Å²) in [6.45, 7) is 5.46. The van der Waals surface area contributed by atoms with Gasteiger partial charge in [0.25, 0.3) is 0 Å². The Balaban J connectivity index is 2.45. The molecule has 0 radical (unpaired) electrons. The smallest absolute Gasteiger partial charge is 0.239 e. The number of terminal acetylenes is 1. The first-order valence-corrected chi connectivity index (χ1v) is 5.82. The van der Waals surface area contributed by atoms with Crippen LogP contribution in [-0.4, -0.2) is 49.7 Å². The van der Waals surface area contributed by atoms with Gasteiger partial charge in [0.15, 0.2) is 0 Å². The van der Waals surface area contributed by atoms with Gasteiger partial charge in [-0.1, -0.05) is 6.92 Å². The second-order valence-corrected chi connectivity index (χ2v) is 3.87. The molecule has 1 rings (SSSR count). The molecule has 1 heterocycles. The zero-order valence-electron chi connectivity index (χ0n) is 9.87. The molecule has 0 saturated carbocycles. The van der Waals surface area contributed by atoms with E-state index in [2.05, 4.69) is 16.1 Å². The van der Waals surface area contributed by atoms with Crippen molar-refractivity contribution in [3.05, 3.63) is 0 Å². The molecule has 16 heavy (non-hydrogen) atoms. The molecule has 0 aliphatic carbocycles. The molecule has 0 aromatic carbocycles. The third-order valence-corrected chi connectivity index (χ3v) is 2.63. The average molecular weight is 224 g/mol. The van der Waals surface area contributed by atoms with Crippen molar-refractivity contribution >= 4 is 5.91 Å². The van der Waals surface area contributed by atoms with Gasteiger partial charge in [-0.3, -0.25) is 9.69 Å². The maximum Gasteiger partial charge on any atom is 0.239 e. The van der Waals surface area contributed by atoms with Gasteiger partial charge in [-0.25, -0.2) is 0 Å². The zero-order chi connectivity index (χ0) is 11.8. The Kier molecular flexibility index (Phi) is 5.91. The van der Waals surface area contributed by atoms with Gasteiger partial charge in [0.1, 0.15) is 6.04 Å². The van der Waals surface area contributed by atoms with E-state index in [1.54, 1.807) is 0 Å². The molecule has 1 saturated heterocycles. The largest absolute Gasteiger partial charge is 0.378 e. The lowest BCUT2D eigenvalue weighted by Gasteiger charge is -2.34. The molecule has 1 atom stereocenters. The standard InChI is InChI=1S/C12H20N2O2/c1-3-5-7-14-8-9-16-10-11(14)12(15)13-6-4-2/h1,11H,4-10H2,2H3,(H,13,15). The molecule has 1 N–H and O–H groups in total. The summed E-state index contributed by atoms with van der Waals surface area (Å²) < 4.78 is 5.34. The summed E-state index contributed by atoms with van der Waals surface area (Å²) in [5, 5.41) is 2.90. The van der Waals surface area contributed by atoms with Crippen LogP contribution in [0.25, 0.3) is 0 Å². The summed E-state index contributed by atoms with van der Waals surface area (Å²) in [6, 6.07) is -0.173. The fourth-order valence-electron chi connectivity index (χ4n) is 1.72. The summed E-state index contributed by atoms with van der Waals surface area (Å²) in [4.78, 5) is 14.0. The normalized spacial score (nSPS) is 21.4. The monoisotopic (exact) mass is 224 g/mol. The molecule has 1 unspecified atom stereocenters. The van der Waals surface area contributed by atoms with Crippen molar-refractivity contribution in [3.8, 4) is 12.3 Å². The Morgan fingerprint density at radius 3 is 3.19 bits per heavy atom. The summed E-state index contributed by atoms with van der Waals surface area (Å²) in [5.74, 6) is 2.66. The van der Waals surface area contributed by atoms with E-state index in [0.29, 0.717) is 19.6 Å². The van der Waals surface area contributed by atoms with Gasteiger partial charge >= 0.3 is 0 Å². The Labute approximate surface area is 97.3 Å². The lowest BCUT2D eigenvalue weighted by molar-refractivity contribution is -0.132. The van der Waals surface area contributed by atoms with Gasteiger partial charge < -0.3 is 10.1 Å². The molecule has 4 heteroatoms. The number of rotatable bonds is 5. The maximum absolute atomic E-state index is 11.8. The number of morpholine rings is 1. The Morgan fingerprint density at radius 1 is 1.69 bits per heavy atom. The quantitative estimate of drug-likeness (QED) is 0.680. The van der Waals surface area contributed by atoms with Crippen LogP contribution in [0.15, 0.2) is 0 Å². The van der Waals surface area contributed by atoms with Crippen LogP contribution in [0.4, 0.5) is 0 Å². The van der Waals surface area contributed by atoms with Crippen LogP contribution in [0.1, 0.15) is 19.8 Å². The second-order valence-electron chi connectivity index (χ2n) is 3.87. The van der Waals surface area contributed by atoms with Gasteiger partial charge in [-0.2, -0.15) is 0 Å². The number of amides is 1.